The van der Waals surface area contributed by atoms with Gasteiger partial charge in [0.1, 0.15) is 0 Å². The number of sulfone groups is 1. The van der Waals surface area contributed by atoms with Crippen LogP contribution in [0.5, 0.6) is 0 Å². The number of aromatic nitrogens is 2. The summed E-state index contributed by atoms with van der Waals surface area (Å²) in [4.78, 5) is 0.331. The van der Waals surface area contributed by atoms with E-state index in [-0.39, 0.29) is 5.75 Å². The Morgan fingerprint density at radius 2 is 1.80 bits per heavy atom. The fourth-order valence-corrected chi connectivity index (χ4v) is 4.84. The van der Waals surface area contributed by atoms with E-state index in [1.54, 1.807) is 30.3 Å². The molecule has 0 aliphatic rings. The average molecular weight is 374 g/mol. The van der Waals surface area contributed by atoms with E-state index in [9.17, 15) is 8.42 Å². The van der Waals surface area contributed by atoms with Crippen LogP contribution in [0.25, 0.3) is 11.5 Å². The highest BCUT2D eigenvalue weighted by Crippen LogP contribution is 2.26. The van der Waals surface area contributed by atoms with Crippen molar-refractivity contribution >= 4 is 21.6 Å². The van der Waals surface area contributed by atoms with Gasteiger partial charge in [-0.25, -0.2) is 8.42 Å². The second kappa shape index (κ2) is 7.41. The molecule has 25 heavy (non-hydrogen) atoms. The first-order chi connectivity index (χ1) is 12.0. The van der Waals surface area contributed by atoms with Crippen molar-refractivity contribution in [3.63, 3.8) is 0 Å². The summed E-state index contributed by atoms with van der Waals surface area (Å²) in [6.07, 6.45) is 0. The molecule has 7 heteroatoms. The van der Waals surface area contributed by atoms with E-state index in [2.05, 4.69) is 16.3 Å². The van der Waals surface area contributed by atoms with Gasteiger partial charge < -0.3 is 4.42 Å². The van der Waals surface area contributed by atoms with E-state index in [0.717, 1.165) is 11.1 Å². The molecule has 0 spiro atoms. The molecule has 1 heterocycles. The van der Waals surface area contributed by atoms with Gasteiger partial charge in [-0.15, -0.1) is 10.2 Å². The summed E-state index contributed by atoms with van der Waals surface area (Å²) in [5, 5.41) is 8.44. The predicted molar refractivity (Wildman–Crippen MR) is 98.4 cm³/mol. The van der Waals surface area contributed by atoms with Crippen LogP contribution >= 0.6 is 11.8 Å². The maximum absolute atomic E-state index is 12.2. The Balaban J connectivity index is 1.64. The molecule has 130 valence electrons. The van der Waals surface area contributed by atoms with Crippen molar-refractivity contribution in [1.82, 2.24) is 10.2 Å². The highest BCUT2D eigenvalue weighted by molar-refractivity contribution is 8.00. The molecule has 0 aliphatic carbocycles. The van der Waals surface area contributed by atoms with Gasteiger partial charge in [-0.2, -0.15) is 0 Å². The standard InChI is InChI=1S/C18H18N2O3S2/c1-13-8-9-16(14(2)12-13)17-19-20-18(23-17)24-10-11-25(21,22)15-6-4-3-5-7-15/h3-9,12H,10-11H2,1-2H3. The van der Waals surface area contributed by atoms with Gasteiger partial charge in [0.05, 0.1) is 10.6 Å². The number of benzene rings is 2. The van der Waals surface area contributed by atoms with Crippen LogP contribution in [-0.2, 0) is 9.84 Å². The van der Waals surface area contributed by atoms with Crippen molar-refractivity contribution in [2.45, 2.75) is 24.0 Å². The molecule has 0 N–H and O–H groups in total. The Morgan fingerprint density at radius 1 is 1.04 bits per heavy atom. The zero-order valence-electron chi connectivity index (χ0n) is 14.0. The van der Waals surface area contributed by atoms with Gasteiger partial charge >= 0.3 is 0 Å². The van der Waals surface area contributed by atoms with Crippen molar-refractivity contribution in [3.05, 3.63) is 59.7 Å². The van der Waals surface area contributed by atoms with Crippen molar-refractivity contribution in [3.8, 4) is 11.5 Å². The Bertz CT molecular complexity index is 967. The Labute approximate surface area is 151 Å². The van der Waals surface area contributed by atoms with Gasteiger partial charge in [0.25, 0.3) is 5.22 Å². The predicted octanol–water partition coefficient (Wildman–Crippen LogP) is 3.92. The Kier molecular flexibility index (Phi) is 5.24. The lowest BCUT2D eigenvalue weighted by atomic mass is 10.1. The molecule has 0 radical (unpaired) electrons. The van der Waals surface area contributed by atoms with Gasteiger partial charge in [-0.3, -0.25) is 0 Å². The fraction of sp³-hybridized carbons (Fsp3) is 0.222. The zero-order chi connectivity index (χ0) is 17.9. The fourth-order valence-electron chi connectivity index (χ4n) is 2.41. The average Bonchev–Trinajstić information content (AvgIpc) is 3.04. The molecule has 0 atom stereocenters. The molecular formula is C18H18N2O3S2. The van der Waals surface area contributed by atoms with E-state index in [1.807, 2.05) is 26.0 Å². The summed E-state index contributed by atoms with van der Waals surface area (Å²) in [5.74, 6) is 0.820. The van der Waals surface area contributed by atoms with Crippen molar-refractivity contribution < 1.29 is 12.8 Å². The molecule has 2 aromatic carbocycles. The van der Waals surface area contributed by atoms with Crippen LogP contribution in [0.2, 0.25) is 0 Å². The van der Waals surface area contributed by atoms with Crippen LogP contribution in [0.1, 0.15) is 11.1 Å². The number of aryl methyl sites for hydroxylation is 2. The van der Waals surface area contributed by atoms with E-state index in [0.29, 0.717) is 21.8 Å². The number of rotatable bonds is 6. The minimum absolute atomic E-state index is 0.0168. The molecule has 0 unspecified atom stereocenters. The van der Waals surface area contributed by atoms with Crippen molar-refractivity contribution in [2.75, 3.05) is 11.5 Å². The molecule has 3 aromatic rings. The normalized spacial score (nSPS) is 11.6. The molecule has 1 aromatic heterocycles. The monoisotopic (exact) mass is 374 g/mol. The first kappa shape index (κ1) is 17.7. The smallest absolute Gasteiger partial charge is 0.276 e. The van der Waals surface area contributed by atoms with E-state index in [1.165, 1.54) is 17.3 Å². The van der Waals surface area contributed by atoms with E-state index >= 15 is 0 Å². The third-order valence-electron chi connectivity index (χ3n) is 3.70. The summed E-state index contributed by atoms with van der Waals surface area (Å²) in [6, 6.07) is 14.4. The SMILES string of the molecule is Cc1ccc(-c2nnc(SCCS(=O)(=O)c3ccccc3)o2)c(C)c1. The quantitative estimate of drug-likeness (QED) is 0.609. The highest BCUT2D eigenvalue weighted by atomic mass is 32.2. The molecule has 0 saturated heterocycles. The molecular weight excluding hydrogens is 356 g/mol. The maximum atomic E-state index is 12.2. The van der Waals surface area contributed by atoms with Crippen LogP contribution in [0.3, 0.4) is 0 Å². The molecule has 5 nitrogen and oxygen atoms in total. The second-order valence-electron chi connectivity index (χ2n) is 5.67. The first-order valence-corrected chi connectivity index (χ1v) is 10.4. The summed E-state index contributed by atoms with van der Waals surface area (Å²) in [7, 11) is -3.30. The van der Waals surface area contributed by atoms with Gasteiger partial charge in [-0.05, 0) is 37.6 Å². The molecule has 0 saturated carbocycles. The van der Waals surface area contributed by atoms with Crippen molar-refractivity contribution in [2.24, 2.45) is 0 Å². The Hall–Kier alpha value is -2.12. The lowest BCUT2D eigenvalue weighted by molar-refractivity contribution is 0.466. The molecule has 0 amide bonds. The lowest BCUT2D eigenvalue weighted by Crippen LogP contribution is -2.08. The van der Waals surface area contributed by atoms with Crippen LogP contribution < -0.4 is 0 Å². The highest BCUT2D eigenvalue weighted by Gasteiger charge is 2.16. The third-order valence-corrected chi connectivity index (χ3v) is 6.51. The van der Waals surface area contributed by atoms with Gasteiger partial charge in [0.2, 0.25) is 5.89 Å². The van der Waals surface area contributed by atoms with Crippen LogP contribution in [-0.4, -0.2) is 30.1 Å². The van der Waals surface area contributed by atoms with E-state index in [4.69, 9.17) is 4.42 Å². The van der Waals surface area contributed by atoms with Gasteiger partial charge in [0, 0.05) is 11.3 Å². The number of hydrogen-bond donors (Lipinski definition) is 0. The van der Waals surface area contributed by atoms with Crippen LogP contribution in [0, 0.1) is 13.8 Å². The second-order valence-corrected chi connectivity index (χ2v) is 8.83. The summed E-state index contributed by atoms with van der Waals surface area (Å²) < 4.78 is 30.1. The number of nitrogens with zero attached hydrogens (tertiary/aromatic N) is 2. The third kappa shape index (κ3) is 4.29. The summed E-state index contributed by atoms with van der Waals surface area (Å²) in [6.45, 7) is 4.02. The molecule has 0 aliphatic heterocycles. The molecule has 0 bridgehead atoms. The Morgan fingerprint density at radius 3 is 2.52 bits per heavy atom. The molecule has 0 fully saturated rings. The van der Waals surface area contributed by atoms with Gasteiger partial charge in [0.15, 0.2) is 9.84 Å². The lowest BCUT2D eigenvalue weighted by Gasteiger charge is -2.03. The van der Waals surface area contributed by atoms with Gasteiger partial charge in [-0.1, -0.05) is 47.7 Å². The zero-order valence-corrected chi connectivity index (χ0v) is 15.6. The van der Waals surface area contributed by atoms with E-state index < -0.39 is 9.84 Å². The number of thioether (sulfide) groups is 1. The summed E-state index contributed by atoms with van der Waals surface area (Å²) >= 11 is 1.25. The van der Waals surface area contributed by atoms with Crippen LogP contribution in [0.4, 0.5) is 0 Å². The maximum Gasteiger partial charge on any atom is 0.276 e. The largest absolute Gasteiger partial charge is 0.411 e. The first-order valence-electron chi connectivity index (χ1n) is 7.77. The number of hydrogen-bond acceptors (Lipinski definition) is 6. The summed E-state index contributed by atoms with van der Waals surface area (Å²) in [5.41, 5.74) is 3.12. The topological polar surface area (TPSA) is 73.1 Å². The van der Waals surface area contributed by atoms with Crippen LogP contribution in [0.15, 0.2) is 63.1 Å². The minimum atomic E-state index is -3.30. The minimum Gasteiger partial charge on any atom is -0.411 e. The van der Waals surface area contributed by atoms with Crippen molar-refractivity contribution in [1.29, 1.82) is 0 Å². The molecule has 3 rings (SSSR count).